The van der Waals surface area contributed by atoms with Gasteiger partial charge in [0, 0.05) is 36.2 Å². The van der Waals surface area contributed by atoms with Crippen LogP contribution in [0.2, 0.25) is 0 Å². The number of anilines is 2. The highest BCUT2D eigenvalue weighted by Gasteiger charge is 2.03. The molecule has 2 rings (SSSR count). The van der Waals surface area contributed by atoms with Crippen molar-refractivity contribution in [2.24, 2.45) is 0 Å². The number of imidazole rings is 1. The summed E-state index contributed by atoms with van der Waals surface area (Å²) in [6.45, 7) is 3.52. The third-order valence-electron chi connectivity index (χ3n) is 2.67. The fourth-order valence-corrected chi connectivity index (χ4v) is 1.90. The van der Waals surface area contributed by atoms with E-state index in [2.05, 4.69) is 39.2 Å². The zero-order valence-electron chi connectivity index (χ0n) is 10.5. The van der Waals surface area contributed by atoms with Gasteiger partial charge in [0.1, 0.15) is 0 Å². The number of nitrogens with one attached hydrogen (secondary N) is 1. The van der Waals surface area contributed by atoms with Gasteiger partial charge in [-0.15, -0.1) is 0 Å². The van der Waals surface area contributed by atoms with Crippen molar-refractivity contribution in [3.05, 3.63) is 40.6 Å². The van der Waals surface area contributed by atoms with E-state index in [4.69, 9.17) is 4.74 Å². The number of methoxy groups -OCH3 is 1. The Morgan fingerprint density at radius 1 is 1.44 bits per heavy atom. The first-order valence-electron chi connectivity index (χ1n) is 5.74. The molecule has 0 fully saturated rings. The lowest BCUT2D eigenvalue weighted by molar-refractivity contribution is 0.188. The average molecular weight is 310 g/mol. The molecule has 0 aliphatic rings. The van der Waals surface area contributed by atoms with Gasteiger partial charge < -0.3 is 14.6 Å². The fraction of sp³-hybridized carbons (Fsp3) is 0.308. The number of halogens is 1. The number of ether oxygens (including phenoxy) is 1. The molecule has 0 radical (unpaired) electrons. The normalized spacial score (nSPS) is 10.6. The molecule has 1 aromatic heterocycles. The highest BCUT2D eigenvalue weighted by molar-refractivity contribution is 9.10. The van der Waals surface area contributed by atoms with Gasteiger partial charge >= 0.3 is 0 Å². The topological polar surface area (TPSA) is 39.1 Å². The van der Waals surface area contributed by atoms with Crippen molar-refractivity contribution in [1.29, 1.82) is 0 Å². The predicted molar refractivity (Wildman–Crippen MR) is 76.3 cm³/mol. The molecular formula is C13H16BrN3O. The van der Waals surface area contributed by atoms with Crippen molar-refractivity contribution in [2.45, 2.75) is 13.5 Å². The first kappa shape index (κ1) is 13.1. The number of nitrogens with zero attached hydrogens (tertiary/aromatic N) is 2. The van der Waals surface area contributed by atoms with Crippen molar-refractivity contribution >= 4 is 27.6 Å². The maximum atomic E-state index is 5.07. The first-order chi connectivity index (χ1) is 8.70. The van der Waals surface area contributed by atoms with Gasteiger partial charge in [0.05, 0.1) is 6.61 Å². The van der Waals surface area contributed by atoms with Gasteiger partial charge in [-0.2, -0.15) is 0 Å². The SMILES string of the molecule is COCCn1ccnc1Nc1ccc(Br)c(C)c1. The van der Waals surface area contributed by atoms with E-state index in [9.17, 15) is 0 Å². The molecule has 0 aliphatic heterocycles. The van der Waals surface area contributed by atoms with E-state index >= 15 is 0 Å². The van der Waals surface area contributed by atoms with E-state index in [-0.39, 0.29) is 0 Å². The second-order valence-electron chi connectivity index (χ2n) is 4.03. The summed E-state index contributed by atoms with van der Waals surface area (Å²) in [7, 11) is 1.70. The molecule has 18 heavy (non-hydrogen) atoms. The Hall–Kier alpha value is -1.33. The molecule has 0 saturated carbocycles. The fourth-order valence-electron chi connectivity index (χ4n) is 1.65. The lowest BCUT2D eigenvalue weighted by Crippen LogP contribution is -2.07. The van der Waals surface area contributed by atoms with Crippen LogP contribution in [0.15, 0.2) is 35.1 Å². The first-order valence-corrected chi connectivity index (χ1v) is 6.53. The molecule has 0 amide bonds. The summed E-state index contributed by atoms with van der Waals surface area (Å²) in [5.74, 6) is 0.828. The highest BCUT2D eigenvalue weighted by Crippen LogP contribution is 2.22. The Morgan fingerprint density at radius 2 is 2.28 bits per heavy atom. The van der Waals surface area contributed by atoms with E-state index < -0.39 is 0 Å². The molecule has 1 heterocycles. The maximum absolute atomic E-state index is 5.07. The lowest BCUT2D eigenvalue weighted by Gasteiger charge is -2.10. The summed E-state index contributed by atoms with van der Waals surface area (Å²) in [5.41, 5.74) is 2.22. The van der Waals surface area contributed by atoms with Gasteiger partial charge in [0.15, 0.2) is 0 Å². The minimum Gasteiger partial charge on any atom is -0.383 e. The molecule has 4 nitrogen and oxygen atoms in total. The minimum absolute atomic E-state index is 0.671. The van der Waals surface area contributed by atoms with Gasteiger partial charge in [-0.1, -0.05) is 15.9 Å². The number of aryl methyl sites for hydroxylation is 1. The van der Waals surface area contributed by atoms with E-state index in [1.54, 1.807) is 13.3 Å². The second-order valence-corrected chi connectivity index (χ2v) is 4.88. The number of rotatable bonds is 5. The van der Waals surface area contributed by atoms with E-state index in [0.29, 0.717) is 6.61 Å². The van der Waals surface area contributed by atoms with Crippen LogP contribution in [-0.2, 0) is 11.3 Å². The monoisotopic (exact) mass is 309 g/mol. The van der Waals surface area contributed by atoms with Crippen molar-refractivity contribution in [1.82, 2.24) is 9.55 Å². The Kier molecular flexibility index (Phi) is 4.38. The summed E-state index contributed by atoms with van der Waals surface area (Å²) >= 11 is 3.49. The standard InChI is InChI=1S/C13H16BrN3O/c1-10-9-11(3-4-12(10)14)16-13-15-5-6-17(13)7-8-18-2/h3-6,9H,7-8H2,1-2H3,(H,15,16). The Balaban J connectivity index is 2.13. The van der Waals surface area contributed by atoms with Gasteiger partial charge in [-0.05, 0) is 30.7 Å². The molecule has 1 N–H and O–H groups in total. The third kappa shape index (κ3) is 3.11. The summed E-state index contributed by atoms with van der Waals surface area (Å²) < 4.78 is 8.21. The maximum Gasteiger partial charge on any atom is 0.207 e. The average Bonchev–Trinajstić information content (AvgIpc) is 2.79. The Morgan fingerprint density at radius 3 is 3.00 bits per heavy atom. The summed E-state index contributed by atoms with van der Waals surface area (Å²) in [6.07, 6.45) is 3.72. The van der Waals surface area contributed by atoms with Crippen LogP contribution in [0.4, 0.5) is 11.6 Å². The predicted octanol–water partition coefficient (Wildman–Crippen LogP) is 3.34. The van der Waals surface area contributed by atoms with Crippen LogP contribution in [0.1, 0.15) is 5.56 Å². The number of benzene rings is 1. The molecule has 0 saturated heterocycles. The largest absolute Gasteiger partial charge is 0.383 e. The summed E-state index contributed by atoms with van der Waals surface area (Å²) in [6, 6.07) is 6.13. The summed E-state index contributed by atoms with van der Waals surface area (Å²) in [5, 5.41) is 3.30. The van der Waals surface area contributed by atoms with Crippen LogP contribution in [0.3, 0.4) is 0 Å². The molecule has 0 unspecified atom stereocenters. The van der Waals surface area contributed by atoms with Gasteiger partial charge in [-0.25, -0.2) is 4.98 Å². The van der Waals surface area contributed by atoms with Gasteiger partial charge in [0.2, 0.25) is 5.95 Å². The van der Waals surface area contributed by atoms with Gasteiger partial charge in [-0.3, -0.25) is 0 Å². The molecule has 0 spiro atoms. The minimum atomic E-state index is 0.671. The molecule has 1 aromatic carbocycles. The number of hydrogen-bond donors (Lipinski definition) is 1. The van der Waals surface area contributed by atoms with Crippen LogP contribution in [0.25, 0.3) is 0 Å². The van der Waals surface area contributed by atoms with E-state index in [1.807, 2.05) is 22.9 Å². The Bertz CT molecular complexity index is 525. The van der Waals surface area contributed by atoms with Crippen LogP contribution in [0, 0.1) is 6.92 Å². The number of aromatic nitrogens is 2. The van der Waals surface area contributed by atoms with E-state index in [0.717, 1.165) is 22.7 Å². The molecule has 0 atom stereocenters. The third-order valence-corrected chi connectivity index (χ3v) is 3.56. The molecule has 96 valence electrons. The zero-order valence-corrected chi connectivity index (χ0v) is 12.1. The lowest BCUT2D eigenvalue weighted by atomic mass is 10.2. The Labute approximate surface area is 115 Å². The molecule has 0 bridgehead atoms. The molecule has 0 aliphatic carbocycles. The quantitative estimate of drug-likeness (QED) is 0.920. The van der Waals surface area contributed by atoms with Crippen molar-refractivity contribution in [2.75, 3.05) is 19.0 Å². The van der Waals surface area contributed by atoms with Crippen molar-refractivity contribution in [3.63, 3.8) is 0 Å². The molecule has 2 aromatic rings. The van der Waals surface area contributed by atoms with Gasteiger partial charge in [0.25, 0.3) is 0 Å². The highest BCUT2D eigenvalue weighted by atomic mass is 79.9. The van der Waals surface area contributed by atoms with E-state index in [1.165, 1.54) is 5.56 Å². The van der Waals surface area contributed by atoms with Crippen LogP contribution in [0.5, 0.6) is 0 Å². The molecular weight excluding hydrogens is 294 g/mol. The summed E-state index contributed by atoms with van der Waals surface area (Å²) in [4.78, 5) is 4.30. The van der Waals surface area contributed by atoms with Crippen LogP contribution in [-0.4, -0.2) is 23.3 Å². The smallest absolute Gasteiger partial charge is 0.207 e. The zero-order chi connectivity index (χ0) is 13.0. The van der Waals surface area contributed by atoms with Crippen molar-refractivity contribution < 1.29 is 4.74 Å². The second kappa shape index (κ2) is 6.02. The van der Waals surface area contributed by atoms with Crippen LogP contribution < -0.4 is 5.32 Å². The number of hydrogen-bond acceptors (Lipinski definition) is 3. The molecule has 5 heteroatoms. The van der Waals surface area contributed by atoms with Crippen molar-refractivity contribution in [3.8, 4) is 0 Å². The van der Waals surface area contributed by atoms with Crippen LogP contribution >= 0.6 is 15.9 Å².